The van der Waals surface area contributed by atoms with Crippen LogP contribution >= 0.6 is 0 Å². The van der Waals surface area contributed by atoms with E-state index in [-0.39, 0.29) is 11.6 Å². The molecule has 0 fully saturated rings. The summed E-state index contributed by atoms with van der Waals surface area (Å²) in [4.78, 5) is 19.8. The average molecular weight is 184 g/mol. The molecule has 0 aliphatic carbocycles. The molecule has 2 nitrogen and oxygen atoms in total. The maximum Gasteiger partial charge on any atom is 0.130 e. The molecule has 2 heteroatoms. The zero-order valence-corrected chi connectivity index (χ0v) is 9.31. The zero-order chi connectivity index (χ0) is 10.9. The minimum atomic E-state index is 0.167. The third kappa shape index (κ3) is 35.4. The molecule has 13 heavy (non-hydrogen) atoms. The van der Waals surface area contributed by atoms with Crippen molar-refractivity contribution >= 4 is 11.6 Å². The lowest BCUT2D eigenvalue weighted by Gasteiger charge is -1.89. The van der Waals surface area contributed by atoms with Crippen LogP contribution in [-0.2, 0) is 9.59 Å². The van der Waals surface area contributed by atoms with E-state index in [1.54, 1.807) is 6.92 Å². The molecule has 0 aromatic heterocycles. The first-order valence-electron chi connectivity index (χ1n) is 4.46. The second-order valence-electron chi connectivity index (χ2n) is 3.43. The highest BCUT2D eigenvalue weighted by Gasteiger charge is 1.88. The Kier molecular flexibility index (Phi) is 10.3. The van der Waals surface area contributed by atoms with E-state index in [4.69, 9.17) is 0 Å². The maximum absolute atomic E-state index is 10.4. The number of ketones is 2. The van der Waals surface area contributed by atoms with Crippen molar-refractivity contribution in [2.45, 2.75) is 47.5 Å². The van der Waals surface area contributed by atoms with Crippen LogP contribution in [0.4, 0.5) is 0 Å². The van der Waals surface area contributed by atoms with Crippen molar-refractivity contribution < 1.29 is 9.59 Å². The summed E-state index contributed by atoms with van der Waals surface area (Å²) < 4.78 is 0. The van der Waals surface area contributed by atoms with Crippen molar-refractivity contribution in [3.63, 3.8) is 0 Å². The van der Waals surface area contributed by atoms with Crippen molar-refractivity contribution in [2.75, 3.05) is 0 Å². The van der Waals surface area contributed by atoms with Crippen molar-refractivity contribution in [1.82, 2.24) is 0 Å². The second-order valence-corrected chi connectivity index (χ2v) is 3.43. The predicted octanol–water partition coefficient (Wildman–Crippen LogP) is 2.92. The predicted molar refractivity (Wildman–Crippen MR) is 55.7 cm³/mol. The summed E-state index contributed by atoms with van der Waals surface area (Å²) in [5.74, 6) is 0.438. The topological polar surface area (TPSA) is 34.1 Å². The molecular formula is C11H20O2. The van der Waals surface area contributed by atoms with Crippen LogP contribution in [0.3, 0.4) is 0 Å². The van der Waals surface area contributed by atoms with Gasteiger partial charge in [-0.1, -0.05) is 11.6 Å². The lowest BCUT2D eigenvalue weighted by atomic mass is 10.2. The Balaban J connectivity index is 0. The summed E-state index contributed by atoms with van der Waals surface area (Å²) in [6.07, 6.45) is 3.67. The lowest BCUT2D eigenvalue weighted by molar-refractivity contribution is -0.117. The largest absolute Gasteiger partial charge is 0.300 e. The van der Waals surface area contributed by atoms with Gasteiger partial charge in [0.15, 0.2) is 0 Å². The minimum Gasteiger partial charge on any atom is -0.300 e. The van der Waals surface area contributed by atoms with Gasteiger partial charge >= 0.3 is 0 Å². The monoisotopic (exact) mass is 184 g/mol. The van der Waals surface area contributed by atoms with Crippen molar-refractivity contribution in [1.29, 1.82) is 0 Å². The zero-order valence-electron chi connectivity index (χ0n) is 9.31. The highest BCUT2D eigenvalue weighted by molar-refractivity contribution is 5.75. The van der Waals surface area contributed by atoms with E-state index in [2.05, 4.69) is 6.08 Å². The van der Waals surface area contributed by atoms with Crippen LogP contribution in [0.2, 0.25) is 0 Å². The molecule has 0 unspecified atom stereocenters. The molecular weight excluding hydrogens is 164 g/mol. The van der Waals surface area contributed by atoms with Crippen LogP contribution in [0, 0.1) is 0 Å². The molecule has 0 radical (unpaired) electrons. The second kappa shape index (κ2) is 9.17. The van der Waals surface area contributed by atoms with Crippen LogP contribution in [0.1, 0.15) is 47.5 Å². The van der Waals surface area contributed by atoms with E-state index in [9.17, 15) is 9.59 Å². The SMILES string of the molecule is CC(=O)CCC=C(C)C.CC(C)=O. The molecule has 0 saturated heterocycles. The summed E-state index contributed by atoms with van der Waals surface area (Å²) in [5.41, 5.74) is 1.29. The van der Waals surface area contributed by atoms with Crippen LogP contribution < -0.4 is 0 Å². The number of rotatable bonds is 3. The number of carbonyl (C=O) groups excluding carboxylic acids is 2. The van der Waals surface area contributed by atoms with Gasteiger partial charge < -0.3 is 9.59 Å². The molecule has 0 spiro atoms. The number of hydrogen-bond acceptors (Lipinski definition) is 2. The first-order valence-corrected chi connectivity index (χ1v) is 4.46. The standard InChI is InChI=1S/C8H14O.C3H6O/c1-7(2)5-4-6-8(3)9;1-3(2)4/h5H,4,6H2,1-3H3;1-2H3. The molecule has 0 bridgehead atoms. The van der Waals surface area contributed by atoms with Crippen molar-refractivity contribution in [2.24, 2.45) is 0 Å². The molecule has 0 atom stereocenters. The Morgan fingerprint density at radius 2 is 1.38 bits per heavy atom. The van der Waals surface area contributed by atoms with E-state index in [1.165, 1.54) is 19.4 Å². The lowest BCUT2D eigenvalue weighted by Crippen LogP contribution is -1.86. The third-order valence-corrected chi connectivity index (χ3v) is 1.05. The van der Waals surface area contributed by atoms with E-state index < -0.39 is 0 Å². The Morgan fingerprint density at radius 1 is 1.00 bits per heavy atom. The van der Waals surface area contributed by atoms with Gasteiger partial charge in [0.05, 0.1) is 0 Å². The Bertz CT molecular complexity index is 182. The molecule has 0 aliphatic rings. The summed E-state index contributed by atoms with van der Waals surface area (Å²) >= 11 is 0. The quantitative estimate of drug-likeness (QED) is 0.632. The molecule has 76 valence electrons. The summed E-state index contributed by atoms with van der Waals surface area (Å²) in [6.45, 7) is 8.76. The van der Waals surface area contributed by atoms with E-state index in [0.717, 1.165) is 6.42 Å². The Labute approximate surface area is 81.0 Å². The third-order valence-electron chi connectivity index (χ3n) is 1.05. The summed E-state index contributed by atoms with van der Waals surface area (Å²) in [6, 6.07) is 0. The van der Waals surface area contributed by atoms with Crippen LogP contribution in [0.25, 0.3) is 0 Å². The molecule has 0 aromatic carbocycles. The number of hydrogen-bond donors (Lipinski definition) is 0. The number of Topliss-reactive ketones (excluding diaryl/α,β-unsaturated/α-hetero) is 2. The highest BCUT2D eigenvalue weighted by Crippen LogP contribution is 1.96. The van der Waals surface area contributed by atoms with E-state index in [0.29, 0.717) is 6.42 Å². The smallest absolute Gasteiger partial charge is 0.130 e. The molecule has 0 heterocycles. The first kappa shape index (κ1) is 14.6. The maximum atomic E-state index is 10.4. The van der Waals surface area contributed by atoms with Crippen molar-refractivity contribution in [3.05, 3.63) is 11.6 Å². The van der Waals surface area contributed by atoms with Gasteiger partial charge in [-0.3, -0.25) is 0 Å². The molecule has 0 amide bonds. The fraction of sp³-hybridized carbons (Fsp3) is 0.636. The highest BCUT2D eigenvalue weighted by atomic mass is 16.1. The fourth-order valence-corrected chi connectivity index (χ4v) is 0.564. The van der Waals surface area contributed by atoms with Gasteiger partial charge in [0.1, 0.15) is 11.6 Å². The van der Waals surface area contributed by atoms with Gasteiger partial charge in [-0.25, -0.2) is 0 Å². The van der Waals surface area contributed by atoms with E-state index in [1.807, 2.05) is 13.8 Å². The van der Waals surface area contributed by atoms with Gasteiger partial charge in [-0.2, -0.15) is 0 Å². The molecule has 0 N–H and O–H groups in total. The Morgan fingerprint density at radius 3 is 1.62 bits per heavy atom. The van der Waals surface area contributed by atoms with Gasteiger partial charge in [0, 0.05) is 6.42 Å². The number of allylic oxidation sites excluding steroid dienone is 2. The van der Waals surface area contributed by atoms with Gasteiger partial charge in [0.25, 0.3) is 0 Å². The fourth-order valence-electron chi connectivity index (χ4n) is 0.564. The Hall–Kier alpha value is -0.920. The van der Waals surface area contributed by atoms with Crippen LogP contribution in [-0.4, -0.2) is 11.6 Å². The summed E-state index contributed by atoms with van der Waals surface area (Å²) in [7, 11) is 0. The average Bonchev–Trinajstić information content (AvgIpc) is 1.83. The summed E-state index contributed by atoms with van der Waals surface area (Å²) in [5, 5.41) is 0. The van der Waals surface area contributed by atoms with Gasteiger partial charge in [0.2, 0.25) is 0 Å². The molecule has 0 aliphatic heterocycles. The van der Waals surface area contributed by atoms with Crippen LogP contribution in [0.15, 0.2) is 11.6 Å². The molecule has 0 rings (SSSR count). The normalized spacial score (nSPS) is 8.08. The van der Waals surface area contributed by atoms with Gasteiger partial charge in [-0.05, 0) is 41.0 Å². The molecule has 0 aromatic rings. The van der Waals surface area contributed by atoms with Crippen molar-refractivity contribution in [3.8, 4) is 0 Å². The first-order chi connectivity index (χ1) is 5.86. The van der Waals surface area contributed by atoms with E-state index >= 15 is 0 Å². The molecule has 0 saturated carbocycles. The number of carbonyl (C=O) groups is 2. The minimum absolute atomic E-state index is 0.167. The van der Waals surface area contributed by atoms with Crippen LogP contribution in [0.5, 0.6) is 0 Å². The van der Waals surface area contributed by atoms with Gasteiger partial charge in [-0.15, -0.1) is 0 Å².